The minimum absolute atomic E-state index is 0.0814. The third-order valence-electron chi connectivity index (χ3n) is 5.66. The summed E-state index contributed by atoms with van der Waals surface area (Å²) in [7, 11) is 0. The first kappa shape index (κ1) is 17.5. The van der Waals surface area contributed by atoms with Gasteiger partial charge in [-0.2, -0.15) is 5.10 Å². The highest BCUT2D eigenvalue weighted by Gasteiger charge is 2.39. The molecule has 2 saturated heterocycles. The summed E-state index contributed by atoms with van der Waals surface area (Å²) in [5.41, 5.74) is 1.38. The number of benzene rings is 1. The molecule has 6 heteroatoms. The monoisotopic (exact) mass is 356 g/mol. The van der Waals surface area contributed by atoms with E-state index in [1.54, 1.807) is 0 Å². The number of fused-ring (bicyclic) bond motifs is 3. The predicted octanol–water partition coefficient (Wildman–Crippen LogP) is 2.57. The lowest BCUT2D eigenvalue weighted by Crippen LogP contribution is -2.60. The van der Waals surface area contributed by atoms with Gasteiger partial charge >= 0.3 is 0 Å². The van der Waals surface area contributed by atoms with E-state index in [1.165, 1.54) is 6.42 Å². The molecule has 1 aromatic carbocycles. The molecule has 2 aromatic rings. The van der Waals surface area contributed by atoms with Gasteiger partial charge in [0.1, 0.15) is 0 Å². The number of morpholine rings is 1. The summed E-state index contributed by atoms with van der Waals surface area (Å²) in [6.07, 6.45) is 3.11. The molecule has 1 amide bonds. The number of rotatable bonds is 5. The van der Waals surface area contributed by atoms with Crippen molar-refractivity contribution in [1.29, 1.82) is 0 Å². The van der Waals surface area contributed by atoms with E-state index < -0.39 is 0 Å². The largest absolute Gasteiger partial charge is 0.378 e. The van der Waals surface area contributed by atoms with Crippen LogP contribution in [0.1, 0.15) is 43.6 Å². The Morgan fingerprint density at radius 3 is 2.77 bits per heavy atom. The van der Waals surface area contributed by atoms with Gasteiger partial charge in [-0.3, -0.25) is 14.8 Å². The number of amides is 1. The smallest absolute Gasteiger partial charge is 0.272 e. The second-order valence-electron chi connectivity index (χ2n) is 8.03. The molecule has 1 unspecified atom stereocenters. The molecule has 140 valence electrons. The molecule has 6 nitrogen and oxygen atoms in total. The Bertz CT molecular complexity index is 758. The van der Waals surface area contributed by atoms with Crippen molar-refractivity contribution < 1.29 is 9.53 Å². The van der Waals surface area contributed by atoms with Gasteiger partial charge in [-0.05, 0) is 37.8 Å². The number of aromatic amines is 1. The van der Waals surface area contributed by atoms with Crippen molar-refractivity contribution in [3.05, 3.63) is 30.0 Å². The molecule has 2 N–H and O–H groups in total. The van der Waals surface area contributed by atoms with Crippen molar-refractivity contribution >= 4 is 16.8 Å². The summed E-state index contributed by atoms with van der Waals surface area (Å²) in [6.45, 7) is 7.21. The number of carbonyl (C=O) groups is 1. The van der Waals surface area contributed by atoms with Crippen LogP contribution in [-0.4, -0.2) is 58.9 Å². The van der Waals surface area contributed by atoms with Crippen LogP contribution < -0.4 is 5.32 Å². The summed E-state index contributed by atoms with van der Waals surface area (Å²) in [4.78, 5) is 15.4. The second-order valence-corrected chi connectivity index (χ2v) is 8.03. The van der Waals surface area contributed by atoms with Gasteiger partial charge < -0.3 is 10.1 Å². The fourth-order valence-corrected chi connectivity index (χ4v) is 4.27. The molecular weight excluding hydrogens is 328 g/mol. The molecule has 2 bridgehead atoms. The highest BCUT2D eigenvalue weighted by molar-refractivity contribution is 6.04. The van der Waals surface area contributed by atoms with Crippen molar-refractivity contribution in [1.82, 2.24) is 20.4 Å². The van der Waals surface area contributed by atoms with E-state index in [4.69, 9.17) is 4.74 Å². The highest BCUT2D eigenvalue weighted by atomic mass is 16.5. The maximum absolute atomic E-state index is 12.8. The van der Waals surface area contributed by atoms with Crippen molar-refractivity contribution in [3.8, 4) is 0 Å². The Labute approximate surface area is 154 Å². The standard InChI is InChI=1S/C20H28N4O2/c1-13(2)7-8-24-15-9-14(10-16(24)12-26-11-15)21-20(25)19-17-5-3-4-6-18(17)22-23-19/h3-6,13-16H,7-12H2,1-2H3,(H,21,25)(H,22,23)/t14?,15-,16+. The van der Waals surface area contributed by atoms with E-state index in [0.29, 0.717) is 23.7 Å². The molecule has 26 heavy (non-hydrogen) atoms. The van der Waals surface area contributed by atoms with Crippen molar-refractivity contribution in [2.75, 3.05) is 19.8 Å². The number of piperidine rings is 1. The highest BCUT2D eigenvalue weighted by Crippen LogP contribution is 2.29. The van der Waals surface area contributed by atoms with Gasteiger partial charge in [-0.1, -0.05) is 32.0 Å². The van der Waals surface area contributed by atoms with Gasteiger partial charge in [0.15, 0.2) is 5.69 Å². The Morgan fingerprint density at radius 1 is 1.31 bits per heavy atom. The zero-order valence-corrected chi connectivity index (χ0v) is 15.6. The van der Waals surface area contributed by atoms with Crippen LogP contribution in [0.15, 0.2) is 24.3 Å². The lowest BCUT2D eigenvalue weighted by molar-refractivity contribution is -0.0812. The number of carbonyl (C=O) groups excluding carboxylic acids is 1. The van der Waals surface area contributed by atoms with Crippen LogP contribution >= 0.6 is 0 Å². The maximum Gasteiger partial charge on any atom is 0.272 e. The minimum Gasteiger partial charge on any atom is -0.378 e. The summed E-state index contributed by atoms with van der Waals surface area (Å²) >= 11 is 0. The lowest BCUT2D eigenvalue weighted by Gasteiger charge is -2.48. The van der Waals surface area contributed by atoms with Crippen LogP contribution in [0.2, 0.25) is 0 Å². The van der Waals surface area contributed by atoms with Crippen LogP contribution in [0.25, 0.3) is 10.9 Å². The van der Waals surface area contributed by atoms with Crippen molar-refractivity contribution in [2.24, 2.45) is 5.92 Å². The number of hydrogen-bond donors (Lipinski definition) is 2. The first-order valence-electron chi connectivity index (χ1n) is 9.69. The lowest BCUT2D eigenvalue weighted by atomic mass is 9.89. The van der Waals surface area contributed by atoms with Crippen LogP contribution in [0, 0.1) is 5.92 Å². The van der Waals surface area contributed by atoms with E-state index in [1.807, 2.05) is 24.3 Å². The van der Waals surface area contributed by atoms with E-state index in [2.05, 4.69) is 34.3 Å². The number of nitrogens with one attached hydrogen (secondary N) is 2. The summed E-state index contributed by atoms with van der Waals surface area (Å²) in [6, 6.07) is 8.75. The Balaban J connectivity index is 1.42. The fraction of sp³-hybridized carbons (Fsp3) is 0.600. The van der Waals surface area contributed by atoms with E-state index in [-0.39, 0.29) is 11.9 Å². The van der Waals surface area contributed by atoms with Gasteiger partial charge in [0.2, 0.25) is 0 Å². The molecule has 2 aliphatic heterocycles. The van der Waals surface area contributed by atoms with Gasteiger partial charge in [-0.25, -0.2) is 0 Å². The number of H-pyrrole nitrogens is 1. The van der Waals surface area contributed by atoms with Crippen molar-refractivity contribution in [3.63, 3.8) is 0 Å². The molecule has 1 aromatic heterocycles. The van der Waals surface area contributed by atoms with Gasteiger partial charge in [0, 0.05) is 23.5 Å². The number of nitrogens with zero attached hydrogens (tertiary/aromatic N) is 2. The number of para-hydroxylation sites is 1. The Hall–Kier alpha value is -1.92. The number of aromatic nitrogens is 2. The molecule has 0 aliphatic carbocycles. The van der Waals surface area contributed by atoms with E-state index in [9.17, 15) is 4.79 Å². The Morgan fingerprint density at radius 2 is 2.04 bits per heavy atom. The van der Waals surface area contributed by atoms with Crippen molar-refractivity contribution in [2.45, 2.75) is 51.2 Å². The topological polar surface area (TPSA) is 70.2 Å². The first-order chi connectivity index (χ1) is 12.6. The molecule has 0 saturated carbocycles. The van der Waals surface area contributed by atoms with Gasteiger partial charge in [0.25, 0.3) is 5.91 Å². The molecule has 2 aliphatic rings. The average molecular weight is 356 g/mol. The summed E-state index contributed by atoms with van der Waals surface area (Å²) in [5, 5.41) is 11.3. The van der Waals surface area contributed by atoms with E-state index >= 15 is 0 Å². The fourth-order valence-electron chi connectivity index (χ4n) is 4.27. The normalized spacial score (nSPS) is 26.3. The third-order valence-corrected chi connectivity index (χ3v) is 5.66. The quantitative estimate of drug-likeness (QED) is 0.864. The van der Waals surface area contributed by atoms with Crippen LogP contribution in [0.4, 0.5) is 0 Å². The molecular formula is C20H28N4O2. The number of ether oxygens (including phenoxy) is 1. The molecule has 2 fully saturated rings. The first-order valence-corrected chi connectivity index (χ1v) is 9.69. The SMILES string of the molecule is CC(C)CCN1[C@@H]2COC[C@H]1CC(NC(=O)c1n[nH]c3ccccc13)C2. The second kappa shape index (κ2) is 7.37. The predicted molar refractivity (Wildman–Crippen MR) is 101 cm³/mol. The Kier molecular flexibility index (Phi) is 4.96. The molecule has 4 rings (SSSR count). The third kappa shape index (κ3) is 3.48. The minimum atomic E-state index is -0.0814. The average Bonchev–Trinajstić information content (AvgIpc) is 3.04. The van der Waals surface area contributed by atoms with Crippen LogP contribution in [0.5, 0.6) is 0 Å². The molecule has 0 radical (unpaired) electrons. The zero-order valence-electron chi connectivity index (χ0n) is 15.6. The maximum atomic E-state index is 12.8. The molecule has 0 spiro atoms. The molecule has 3 atom stereocenters. The van der Waals surface area contributed by atoms with E-state index in [0.717, 1.165) is 43.5 Å². The number of hydrogen-bond acceptors (Lipinski definition) is 4. The van der Waals surface area contributed by atoms with Gasteiger partial charge in [0.05, 0.1) is 18.7 Å². The summed E-state index contributed by atoms with van der Waals surface area (Å²) in [5.74, 6) is 0.629. The van der Waals surface area contributed by atoms with Crippen LogP contribution in [-0.2, 0) is 4.74 Å². The van der Waals surface area contributed by atoms with Crippen LogP contribution in [0.3, 0.4) is 0 Å². The zero-order chi connectivity index (χ0) is 18.1. The van der Waals surface area contributed by atoms with Gasteiger partial charge in [-0.15, -0.1) is 0 Å². The molecule has 3 heterocycles. The summed E-state index contributed by atoms with van der Waals surface area (Å²) < 4.78 is 5.79.